The molecule has 0 saturated carbocycles. The number of benzene rings is 1. The quantitative estimate of drug-likeness (QED) is 0.648. The second kappa shape index (κ2) is 7.52. The highest BCUT2D eigenvalue weighted by atomic mass is 35.5. The fraction of sp³-hybridized carbons (Fsp3) is 0.278. The van der Waals surface area contributed by atoms with Gasteiger partial charge >= 0.3 is 0 Å². The van der Waals surface area contributed by atoms with Gasteiger partial charge in [0.25, 0.3) is 10.0 Å². The van der Waals surface area contributed by atoms with Gasteiger partial charge in [-0.05, 0) is 48.1 Å². The van der Waals surface area contributed by atoms with Gasteiger partial charge in [0.2, 0.25) is 0 Å². The lowest BCUT2D eigenvalue weighted by molar-refractivity contribution is 0.446. The lowest BCUT2D eigenvalue weighted by Gasteiger charge is -2.23. The third-order valence-corrected chi connectivity index (χ3v) is 7.48. The Morgan fingerprint density at radius 2 is 2.00 bits per heavy atom. The van der Waals surface area contributed by atoms with Crippen molar-refractivity contribution < 1.29 is 8.42 Å². The van der Waals surface area contributed by atoms with Crippen molar-refractivity contribution in [1.29, 1.82) is 0 Å². The van der Waals surface area contributed by atoms with Crippen molar-refractivity contribution in [3.8, 4) is 5.69 Å². The fourth-order valence-electron chi connectivity index (χ4n) is 2.75. The van der Waals surface area contributed by atoms with Crippen molar-refractivity contribution in [1.82, 2.24) is 14.5 Å². The Hall–Kier alpha value is -1.67. The normalized spacial score (nSPS) is 13.3. The highest BCUT2D eigenvalue weighted by Crippen LogP contribution is 2.31. The number of nitrogens with one attached hydrogen (secondary N) is 1. The SMILES string of the molecule is Cc1cccc(-n2nccc2C(NS(=O)(=O)c2sccc2Cl)C(C)C)c1. The second-order valence-electron chi connectivity index (χ2n) is 6.41. The van der Waals surface area contributed by atoms with Crippen LogP contribution >= 0.6 is 22.9 Å². The average Bonchev–Trinajstić information content (AvgIpc) is 3.21. The lowest BCUT2D eigenvalue weighted by atomic mass is 10.0. The molecule has 0 spiro atoms. The molecule has 3 rings (SSSR count). The van der Waals surface area contributed by atoms with E-state index in [4.69, 9.17) is 11.6 Å². The summed E-state index contributed by atoms with van der Waals surface area (Å²) in [5, 5.41) is 6.30. The molecule has 1 unspecified atom stereocenters. The van der Waals surface area contributed by atoms with Crippen molar-refractivity contribution in [3.05, 3.63) is 64.3 Å². The molecule has 0 amide bonds. The van der Waals surface area contributed by atoms with Gasteiger partial charge in [-0.1, -0.05) is 37.6 Å². The average molecular weight is 410 g/mol. The molecule has 138 valence electrons. The molecule has 0 radical (unpaired) electrons. The number of hydrogen-bond acceptors (Lipinski definition) is 4. The summed E-state index contributed by atoms with van der Waals surface area (Å²) in [6.45, 7) is 5.95. The standard InChI is InChI=1S/C18H20ClN3O2S2/c1-12(2)17(21-26(23,24)18-15(19)8-10-25-18)16-7-9-20-22(16)14-6-4-5-13(3)11-14/h4-12,17,21H,1-3H3. The van der Waals surface area contributed by atoms with E-state index in [2.05, 4.69) is 9.82 Å². The Labute approximate surface area is 162 Å². The van der Waals surface area contributed by atoms with Gasteiger partial charge in [0.15, 0.2) is 4.21 Å². The number of aryl methyl sites for hydroxylation is 1. The maximum absolute atomic E-state index is 12.8. The van der Waals surface area contributed by atoms with Crippen LogP contribution in [0.25, 0.3) is 5.69 Å². The summed E-state index contributed by atoms with van der Waals surface area (Å²) in [6, 6.07) is 10.9. The molecule has 0 bridgehead atoms. The minimum atomic E-state index is -3.73. The van der Waals surface area contributed by atoms with Gasteiger partial charge in [-0.3, -0.25) is 0 Å². The molecule has 5 nitrogen and oxygen atoms in total. The molecule has 0 saturated heterocycles. The largest absolute Gasteiger partial charge is 0.252 e. The minimum absolute atomic E-state index is 0.0174. The predicted molar refractivity (Wildman–Crippen MR) is 106 cm³/mol. The smallest absolute Gasteiger partial charge is 0.236 e. The molecule has 0 fully saturated rings. The Bertz CT molecular complexity index is 1010. The number of aromatic nitrogens is 2. The summed E-state index contributed by atoms with van der Waals surface area (Å²) in [4.78, 5) is 0. The first-order valence-corrected chi connectivity index (χ1v) is 10.9. The number of thiophene rings is 1. The first-order chi connectivity index (χ1) is 12.3. The van der Waals surface area contributed by atoms with Crippen LogP contribution in [0.5, 0.6) is 0 Å². The molecule has 0 aliphatic rings. The maximum Gasteiger partial charge on any atom is 0.252 e. The molecule has 1 N–H and O–H groups in total. The molecule has 0 aliphatic heterocycles. The van der Waals surface area contributed by atoms with E-state index in [1.165, 1.54) is 0 Å². The van der Waals surface area contributed by atoms with Crippen LogP contribution in [0.2, 0.25) is 5.02 Å². The molecule has 1 aromatic carbocycles. The van der Waals surface area contributed by atoms with Crippen molar-refractivity contribution in [3.63, 3.8) is 0 Å². The molecular weight excluding hydrogens is 390 g/mol. The summed E-state index contributed by atoms with van der Waals surface area (Å²) in [5.41, 5.74) is 2.78. The van der Waals surface area contributed by atoms with E-state index >= 15 is 0 Å². The van der Waals surface area contributed by atoms with E-state index in [0.29, 0.717) is 0 Å². The number of rotatable bonds is 6. The van der Waals surface area contributed by atoms with Gasteiger partial charge in [0.1, 0.15) is 0 Å². The molecule has 2 aromatic heterocycles. The highest BCUT2D eigenvalue weighted by molar-refractivity contribution is 7.91. The zero-order valence-corrected chi connectivity index (χ0v) is 17.1. The van der Waals surface area contributed by atoms with E-state index < -0.39 is 16.1 Å². The van der Waals surface area contributed by atoms with Crippen LogP contribution in [0.4, 0.5) is 0 Å². The molecule has 2 heterocycles. The van der Waals surface area contributed by atoms with Crippen molar-refractivity contribution in [2.45, 2.75) is 31.0 Å². The zero-order valence-electron chi connectivity index (χ0n) is 14.7. The van der Waals surface area contributed by atoms with E-state index in [9.17, 15) is 8.42 Å². The van der Waals surface area contributed by atoms with Gasteiger partial charge in [0.05, 0.1) is 22.4 Å². The van der Waals surface area contributed by atoms with E-state index in [0.717, 1.165) is 28.3 Å². The van der Waals surface area contributed by atoms with Crippen molar-refractivity contribution in [2.24, 2.45) is 5.92 Å². The summed E-state index contributed by atoms with van der Waals surface area (Å²) in [5.74, 6) is 0.0174. The third kappa shape index (κ3) is 3.86. The molecule has 26 heavy (non-hydrogen) atoms. The third-order valence-electron chi connectivity index (χ3n) is 4.01. The van der Waals surface area contributed by atoms with Crippen LogP contribution in [0, 0.1) is 12.8 Å². The van der Waals surface area contributed by atoms with Crippen molar-refractivity contribution >= 4 is 33.0 Å². The topological polar surface area (TPSA) is 64.0 Å². The summed E-state index contributed by atoms with van der Waals surface area (Å²) in [6.07, 6.45) is 1.68. The monoisotopic (exact) mass is 409 g/mol. The van der Waals surface area contributed by atoms with Crippen LogP contribution in [-0.2, 0) is 10.0 Å². The number of nitrogens with zero attached hydrogens (tertiary/aromatic N) is 2. The van der Waals surface area contributed by atoms with Crippen LogP contribution < -0.4 is 4.72 Å². The lowest BCUT2D eigenvalue weighted by Crippen LogP contribution is -2.33. The van der Waals surface area contributed by atoms with Gasteiger partial charge < -0.3 is 0 Å². The molecule has 3 aromatic rings. The Morgan fingerprint density at radius 3 is 2.62 bits per heavy atom. The highest BCUT2D eigenvalue weighted by Gasteiger charge is 2.29. The van der Waals surface area contributed by atoms with E-state index in [1.807, 2.05) is 51.1 Å². The zero-order chi connectivity index (χ0) is 18.9. The van der Waals surface area contributed by atoms with E-state index in [-0.39, 0.29) is 15.1 Å². The summed E-state index contributed by atoms with van der Waals surface area (Å²) in [7, 11) is -3.73. The minimum Gasteiger partial charge on any atom is -0.236 e. The van der Waals surface area contributed by atoms with Crippen LogP contribution in [0.3, 0.4) is 0 Å². The Morgan fingerprint density at radius 1 is 1.23 bits per heavy atom. The van der Waals surface area contributed by atoms with Gasteiger partial charge in [-0.15, -0.1) is 11.3 Å². The number of halogens is 1. The van der Waals surface area contributed by atoms with Crippen LogP contribution in [0.1, 0.15) is 31.1 Å². The fourth-order valence-corrected chi connectivity index (χ4v) is 5.82. The predicted octanol–water partition coefficient (Wildman–Crippen LogP) is 4.57. The van der Waals surface area contributed by atoms with Crippen molar-refractivity contribution in [2.75, 3.05) is 0 Å². The Kier molecular flexibility index (Phi) is 5.53. The number of hydrogen-bond donors (Lipinski definition) is 1. The first kappa shape index (κ1) is 19.1. The van der Waals surface area contributed by atoms with Gasteiger partial charge in [-0.2, -0.15) is 5.10 Å². The summed E-state index contributed by atoms with van der Waals surface area (Å²) < 4.78 is 30.3. The Balaban J connectivity index is 2.01. The maximum atomic E-state index is 12.8. The molecular formula is C18H20ClN3O2S2. The van der Waals surface area contributed by atoms with E-state index in [1.54, 1.807) is 22.3 Å². The molecule has 8 heteroatoms. The number of sulfonamides is 1. The molecule has 0 aliphatic carbocycles. The van der Waals surface area contributed by atoms with Gasteiger partial charge in [0, 0.05) is 6.20 Å². The van der Waals surface area contributed by atoms with Crippen LogP contribution in [-0.4, -0.2) is 18.2 Å². The van der Waals surface area contributed by atoms with Gasteiger partial charge in [-0.25, -0.2) is 17.8 Å². The van der Waals surface area contributed by atoms with Crippen LogP contribution in [0.15, 0.2) is 52.2 Å². The first-order valence-electron chi connectivity index (χ1n) is 8.16. The molecule has 1 atom stereocenters. The summed E-state index contributed by atoms with van der Waals surface area (Å²) >= 11 is 7.14. The second-order valence-corrected chi connectivity index (χ2v) is 9.64.